The van der Waals surface area contributed by atoms with E-state index >= 15 is 0 Å². The van der Waals surface area contributed by atoms with E-state index in [9.17, 15) is 8.78 Å². The van der Waals surface area contributed by atoms with Crippen LogP contribution in [0.1, 0.15) is 5.56 Å². The van der Waals surface area contributed by atoms with Crippen molar-refractivity contribution in [3.63, 3.8) is 0 Å². The molecule has 0 aliphatic carbocycles. The van der Waals surface area contributed by atoms with Gasteiger partial charge < -0.3 is 5.73 Å². The predicted octanol–water partition coefficient (Wildman–Crippen LogP) is 2.03. The summed E-state index contributed by atoms with van der Waals surface area (Å²) >= 11 is 1.92. The van der Waals surface area contributed by atoms with E-state index < -0.39 is 11.6 Å². The van der Waals surface area contributed by atoms with Crippen molar-refractivity contribution in [1.29, 1.82) is 0 Å². The zero-order valence-electron chi connectivity index (χ0n) is 5.57. The van der Waals surface area contributed by atoms with Crippen LogP contribution in [-0.2, 0) is 6.54 Å². The number of benzene rings is 1. The van der Waals surface area contributed by atoms with Crippen LogP contribution in [0.3, 0.4) is 0 Å². The van der Waals surface area contributed by atoms with Crippen LogP contribution < -0.4 is 5.73 Å². The molecule has 4 heteroatoms. The molecule has 0 spiro atoms. The highest BCUT2D eigenvalue weighted by Crippen LogP contribution is 2.16. The third-order valence-electron chi connectivity index (χ3n) is 1.31. The molecule has 0 aliphatic rings. The maximum absolute atomic E-state index is 12.5. The third kappa shape index (κ3) is 1.87. The van der Waals surface area contributed by atoms with Crippen LogP contribution in [0.4, 0.5) is 8.78 Å². The van der Waals surface area contributed by atoms with Gasteiger partial charge in [0.2, 0.25) is 0 Å². The maximum atomic E-state index is 12.5. The fraction of sp³-hybridized carbons (Fsp3) is 0.143. The predicted molar refractivity (Wildman–Crippen MR) is 47.0 cm³/mol. The van der Waals surface area contributed by atoms with E-state index in [-0.39, 0.29) is 6.54 Å². The first-order valence-electron chi connectivity index (χ1n) is 2.98. The van der Waals surface area contributed by atoms with Gasteiger partial charge in [-0.3, -0.25) is 0 Å². The molecule has 1 aromatic rings. The van der Waals surface area contributed by atoms with Crippen molar-refractivity contribution >= 4 is 22.6 Å². The van der Waals surface area contributed by atoms with E-state index in [1.54, 1.807) is 0 Å². The molecule has 0 saturated carbocycles. The first-order valence-corrected chi connectivity index (χ1v) is 4.06. The topological polar surface area (TPSA) is 26.0 Å². The summed E-state index contributed by atoms with van der Waals surface area (Å²) in [5, 5.41) is 0. The van der Waals surface area contributed by atoms with Crippen molar-refractivity contribution in [2.24, 2.45) is 5.73 Å². The highest BCUT2D eigenvalue weighted by Gasteiger charge is 2.05. The van der Waals surface area contributed by atoms with Gasteiger partial charge in [-0.15, -0.1) is 0 Å². The van der Waals surface area contributed by atoms with Crippen LogP contribution in [-0.4, -0.2) is 0 Å². The first-order chi connectivity index (χ1) is 5.15. The number of halogens is 3. The number of hydrogen-bond donors (Lipinski definition) is 1. The lowest BCUT2D eigenvalue weighted by molar-refractivity contribution is 0.506. The molecule has 0 aromatic heterocycles. The van der Waals surface area contributed by atoms with Crippen LogP contribution in [0.2, 0.25) is 0 Å². The monoisotopic (exact) mass is 269 g/mol. The lowest BCUT2D eigenvalue weighted by Gasteiger charge is -2.00. The number of hydrogen-bond acceptors (Lipinski definition) is 1. The maximum Gasteiger partial charge on any atom is 0.159 e. The van der Waals surface area contributed by atoms with Gasteiger partial charge in [-0.05, 0) is 40.3 Å². The molecule has 0 unspecified atom stereocenters. The molecule has 1 nitrogen and oxygen atoms in total. The summed E-state index contributed by atoms with van der Waals surface area (Å²) in [5.41, 5.74) is 5.90. The lowest BCUT2D eigenvalue weighted by atomic mass is 10.2. The van der Waals surface area contributed by atoms with Gasteiger partial charge >= 0.3 is 0 Å². The molecule has 0 saturated heterocycles. The van der Waals surface area contributed by atoms with Gasteiger partial charge in [0.15, 0.2) is 11.6 Å². The molecule has 0 radical (unpaired) electrons. The van der Waals surface area contributed by atoms with E-state index in [2.05, 4.69) is 0 Å². The minimum Gasteiger partial charge on any atom is -0.326 e. The Morgan fingerprint density at radius 1 is 1.27 bits per heavy atom. The summed E-state index contributed by atoms with van der Waals surface area (Å²) in [6.07, 6.45) is 0. The Kier molecular flexibility index (Phi) is 2.78. The van der Waals surface area contributed by atoms with Crippen molar-refractivity contribution < 1.29 is 8.78 Å². The van der Waals surface area contributed by atoms with Crippen molar-refractivity contribution in [2.75, 3.05) is 0 Å². The molecule has 2 N–H and O–H groups in total. The van der Waals surface area contributed by atoms with Crippen molar-refractivity contribution in [3.8, 4) is 0 Å². The molecule has 0 aliphatic heterocycles. The molecule has 1 rings (SSSR count). The fourth-order valence-corrected chi connectivity index (χ4v) is 1.37. The molecular formula is C7H6F2IN. The second-order valence-corrected chi connectivity index (χ2v) is 3.22. The van der Waals surface area contributed by atoms with Gasteiger partial charge in [-0.1, -0.05) is 0 Å². The Balaban J connectivity index is 3.21. The molecule has 0 atom stereocenters. The summed E-state index contributed by atoms with van der Waals surface area (Å²) in [5.74, 6) is -1.67. The van der Waals surface area contributed by atoms with Crippen molar-refractivity contribution in [3.05, 3.63) is 32.9 Å². The Bertz CT molecular complexity index is 275. The van der Waals surface area contributed by atoms with Crippen molar-refractivity contribution in [2.45, 2.75) is 6.54 Å². The SMILES string of the molecule is NCc1cc(F)c(F)cc1I. The Morgan fingerprint density at radius 3 is 2.36 bits per heavy atom. The zero-order valence-corrected chi connectivity index (χ0v) is 7.73. The Hall–Kier alpha value is -0.230. The van der Waals surface area contributed by atoms with E-state index in [0.29, 0.717) is 9.13 Å². The van der Waals surface area contributed by atoms with Crippen LogP contribution in [0.25, 0.3) is 0 Å². The second-order valence-electron chi connectivity index (χ2n) is 2.06. The van der Waals surface area contributed by atoms with Crippen molar-refractivity contribution in [1.82, 2.24) is 0 Å². The Labute approximate surface area is 76.7 Å². The summed E-state index contributed by atoms with van der Waals surface area (Å²) in [7, 11) is 0. The first kappa shape index (κ1) is 8.86. The van der Waals surface area contributed by atoms with E-state index in [0.717, 1.165) is 12.1 Å². The van der Waals surface area contributed by atoms with Crippen LogP contribution in [0.5, 0.6) is 0 Å². The summed E-state index contributed by atoms with van der Waals surface area (Å²) in [4.78, 5) is 0. The fourth-order valence-electron chi connectivity index (χ4n) is 0.720. The number of nitrogens with two attached hydrogens (primary N) is 1. The third-order valence-corrected chi connectivity index (χ3v) is 2.31. The average Bonchev–Trinajstić information content (AvgIpc) is 1.97. The molecule has 0 amide bonds. The molecule has 1 aromatic carbocycles. The lowest BCUT2D eigenvalue weighted by Crippen LogP contribution is -2.01. The quantitative estimate of drug-likeness (QED) is 0.612. The van der Waals surface area contributed by atoms with E-state index in [1.807, 2.05) is 22.6 Å². The molecule has 11 heavy (non-hydrogen) atoms. The highest BCUT2D eigenvalue weighted by atomic mass is 127. The molecule has 0 heterocycles. The Morgan fingerprint density at radius 2 is 1.82 bits per heavy atom. The van der Waals surface area contributed by atoms with E-state index in [1.165, 1.54) is 0 Å². The normalized spacial score (nSPS) is 10.2. The van der Waals surface area contributed by atoms with Gasteiger partial charge in [0.25, 0.3) is 0 Å². The molecule has 0 fully saturated rings. The smallest absolute Gasteiger partial charge is 0.159 e. The van der Waals surface area contributed by atoms with Gasteiger partial charge in [-0.25, -0.2) is 8.78 Å². The van der Waals surface area contributed by atoms with Crippen LogP contribution >= 0.6 is 22.6 Å². The van der Waals surface area contributed by atoms with E-state index in [4.69, 9.17) is 5.73 Å². The molecule has 0 bridgehead atoms. The van der Waals surface area contributed by atoms with Gasteiger partial charge in [0, 0.05) is 10.1 Å². The summed E-state index contributed by atoms with van der Waals surface area (Å²) in [6.45, 7) is 0.232. The van der Waals surface area contributed by atoms with Crippen LogP contribution in [0, 0.1) is 15.2 Å². The standard InChI is InChI=1S/C7H6F2IN/c8-5-1-4(3-11)7(10)2-6(5)9/h1-2H,3,11H2. The minimum atomic E-state index is -0.842. The molecular weight excluding hydrogens is 263 g/mol. The average molecular weight is 269 g/mol. The zero-order chi connectivity index (χ0) is 8.43. The van der Waals surface area contributed by atoms with Gasteiger partial charge in [-0.2, -0.15) is 0 Å². The molecule has 60 valence electrons. The largest absolute Gasteiger partial charge is 0.326 e. The second kappa shape index (κ2) is 3.44. The summed E-state index contributed by atoms with van der Waals surface area (Å²) < 4.78 is 25.6. The van der Waals surface area contributed by atoms with Gasteiger partial charge in [0.1, 0.15) is 0 Å². The van der Waals surface area contributed by atoms with Crippen LogP contribution in [0.15, 0.2) is 12.1 Å². The van der Waals surface area contributed by atoms with Gasteiger partial charge in [0.05, 0.1) is 0 Å². The highest BCUT2D eigenvalue weighted by molar-refractivity contribution is 14.1. The number of rotatable bonds is 1. The minimum absolute atomic E-state index is 0.232. The summed E-state index contributed by atoms with van der Waals surface area (Å²) in [6, 6.07) is 2.26.